The van der Waals surface area contributed by atoms with Crippen molar-refractivity contribution in [3.05, 3.63) is 41.5 Å². The zero-order chi connectivity index (χ0) is 19.3. The number of methoxy groups -OCH3 is 1. The quantitative estimate of drug-likeness (QED) is 0.767. The summed E-state index contributed by atoms with van der Waals surface area (Å²) in [5.74, 6) is 3.66. The van der Waals surface area contributed by atoms with E-state index in [0.717, 1.165) is 43.6 Å². The van der Waals surface area contributed by atoms with Gasteiger partial charge in [0.15, 0.2) is 0 Å². The Morgan fingerprint density at radius 1 is 0.929 bits per heavy atom. The molecule has 0 unspecified atom stereocenters. The summed E-state index contributed by atoms with van der Waals surface area (Å²) in [4.78, 5) is 5.07. The molecule has 0 radical (unpaired) electrons. The molecule has 6 nitrogen and oxygen atoms in total. The number of nitrogens with zero attached hydrogens (tertiary/aromatic N) is 5. The van der Waals surface area contributed by atoms with Crippen LogP contribution in [0.3, 0.4) is 0 Å². The van der Waals surface area contributed by atoms with E-state index in [9.17, 15) is 0 Å². The molecule has 2 aromatic rings. The second-order valence-corrected chi connectivity index (χ2v) is 8.29. The molecule has 2 aliphatic heterocycles. The molecule has 0 amide bonds. The Labute approximate surface area is 168 Å². The maximum atomic E-state index is 5.27. The Morgan fingerprint density at radius 2 is 1.68 bits per heavy atom. The lowest BCUT2D eigenvalue weighted by atomic mass is 9.96. The molecule has 2 fully saturated rings. The smallest absolute Gasteiger partial charge is 0.146 e. The predicted molar refractivity (Wildman–Crippen MR) is 110 cm³/mol. The number of hydrogen-bond donors (Lipinski definition) is 0. The Bertz CT molecular complexity index is 751. The van der Waals surface area contributed by atoms with Gasteiger partial charge in [0.2, 0.25) is 0 Å². The van der Waals surface area contributed by atoms with Gasteiger partial charge >= 0.3 is 0 Å². The number of aromatic nitrogens is 3. The van der Waals surface area contributed by atoms with E-state index in [4.69, 9.17) is 4.74 Å². The van der Waals surface area contributed by atoms with Gasteiger partial charge in [0.25, 0.3) is 0 Å². The minimum atomic E-state index is 0.472. The highest BCUT2D eigenvalue weighted by atomic mass is 16.5. The highest BCUT2D eigenvalue weighted by Gasteiger charge is 2.26. The summed E-state index contributed by atoms with van der Waals surface area (Å²) in [6, 6.07) is 8.43. The zero-order valence-electron chi connectivity index (χ0n) is 17.3. The van der Waals surface area contributed by atoms with Gasteiger partial charge in [-0.05, 0) is 63.0 Å². The van der Waals surface area contributed by atoms with Crippen molar-refractivity contribution in [2.45, 2.75) is 51.1 Å². The fourth-order valence-electron chi connectivity index (χ4n) is 4.59. The van der Waals surface area contributed by atoms with Crippen molar-refractivity contribution in [2.24, 2.45) is 7.05 Å². The van der Waals surface area contributed by atoms with Crippen LogP contribution in [0.4, 0.5) is 0 Å². The highest BCUT2D eigenvalue weighted by Crippen LogP contribution is 2.27. The van der Waals surface area contributed by atoms with Gasteiger partial charge in [0, 0.05) is 26.1 Å². The van der Waals surface area contributed by atoms with Crippen molar-refractivity contribution in [3.8, 4) is 5.75 Å². The molecule has 0 aliphatic carbocycles. The third-order valence-corrected chi connectivity index (χ3v) is 6.25. The van der Waals surface area contributed by atoms with E-state index in [-0.39, 0.29) is 0 Å². The minimum Gasteiger partial charge on any atom is -0.497 e. The fraction of sp³-hybridized carbons (Fsp3) is 0.636. The Hall–Kier alpha value is -1.92. The van der Waals surface area contributed by atoms with E-state index < -0.39 is 0 Å². The Morgan fingerprint density at radius 3 is 2.43 bits per heavy atom. The van der Waals surface area contributed by atoms with E-state index in [1.54, 1.807) is 7.11 Å². The largest absolute Gasteiger partial charge is 0.497 e. The maximum absolute atomic E-state index is 5.27. The summed E-state index contributed by atoms with van der Waals surface area (Å²) in [6.45, 7) is 6.52. The van der Waals surface area contributed by atoms with E-state index in [1.807, 2.05) is 12.1 Å². The minimum absolute atomic E-state index is 0.472. The molecular formula is C22H33N5O. The Kier molecular flexibility index (Phi) is 6.27. The summed E-state index contributed by atoms with van der Waals surface area (Å²) in [7, 11) is 3.86. The molecule has 28 heavy (non-hydrogen) atoms. The second-order valence-electron chi connectivity index (χ2n) is 8.29. The van der Waals surface area contributed by atoms with Crippen LogP contribution in [0.15, 0.2) is 24.3 Å². The first-order valence-corrected chi connectivity index (χ1v) is 10.7. The third-order valence-electron chi connectivity index (χ3n) is 6.25. The van der Waals surface area contributed by atoms with E-state index in [1.165, 1.54) is 50.8 Å². The van der Waals surface area contributed by atoms with Crippen molar-refractivity contribution in [3.63, 3.8) is 0 Å². The van der Waals surface area contributed by atoms with E-state index in [0.29, 0.717) is 5.92 Å². The summed E-state index contributed by atoms with van der Waals surface area (Å²) < 4.78 is 7.53. The molecule has 2 aliphatic rings. The van der Waals surface area contributed by atoms with Crippen LogP contribution in [0, 0.1) is 0 Å². The number of hydrogen-bond acceptors (Lipinski definition) is 5. The molecular weight excluding hydrogens is 350 g/mol. The molecule has 3 heterocycles. The summed E-state index contributed by atoms with van der Waals surface area (Å²) in [6.07, 6.45) is 6.41. The van der Waals surface area contributed by atoms with Crippen LogP contribution in [0.25, 0.3) is 0 Å². The molecule has 4 rings (SSSR count). The van der Waals surface area contributed by atoms with Gasteiger partial charge in [-0.15, -0.1) is 10.2 Å². The third kappa shape index (κ3) is 4.55. The van der Waals surface area contributed by atoms with Gasteiger partial charge in [-0.3, -0.25) is 9.80 Å². The van der Waals surface area contributed by atoms with Gasteiger partial charge in [0.05, 0.1) is 13.7 Å². The van der Waals surface area contributed by atoms with Crippen LogP contribution in [0.2, 0.25) is 0 Å². The van der Waals surface area contributed by atoms with Gasteiger partial charge in [0.1, 0.15) is 17.4 Å². The molecule has 0 spiro atoms. The van der Waals surface area contributed by atoms with Crippen LogP contribution in [0.1, 0.15) is 55.2 Å². The molecule has 1 aromatic carbocycles. The lowest BCUT2D eigenvalue weighted by Gasteiger charge is -2.32. The van der Waals surface area contributed by atoms with Crippen molar-refractivity contribution in [1.29, 1.82) is 0 Å². The number of ether oxygens (including phenoxy) is 1. The van der Waals surface area contributed by atoms with E-state index >= 15 is 0 Å². The van der Waals surface area contributed by atoms with Gasteiger partial charge < -0.3 is 9.30 Å². The summed E-state index contributed by atoms with van der Waals surface area (Å²) in [5.41, 5.74) is 1.34. The lowest BCUT2D eigenvalue weighted by Crippen LogP contribution is -2.35. The van der Waals surface area contributed by atoms with Crippen LogP contribution < -0.4 is 4.74 Å². The number of likely N-dealkylation sites (tertiary alicyclic amines) is 2. The van der Waals surface area contributed by atoms with Gasteiger partial charge in [-0.2, -0.15) is 0 Å². The number of rotatable bonds is 6. The van der Waals surface area contributed by atoms with E-state index in [2.05, 4.69) is 43.7 Å². The van der Waals surface area contributed by atoms with Crippen LogP contribution in [-0.4, -0.2) is 57.9 Å². The van der Waals surface area contributed by atoms with Crippen LogP contribution in [0.5, 0.6) is 5.75 Å². The summed E-state index contributed by atoms with van der Waals surface area (Å²) in [5, 5.41) is 9.16. The second kappa shape index (κ2) is 9.05. The average Bonchev–Trinajstić information content (AvgIpc) is 3.10. The first kappa shape index (κ1) is 19.4. The molecule has 152 valence electrons. The topological polar surface area (TPSA) is 46.4 Å². The van der Waals surface area contributed by atoms with Crippen LogP contribution in [-0.2, 0) is 20.1 Å². The fourth-order valence-corrected chi connectivity index (χ4v) is 4.59. The standard InChI is InChI=1S/C22H33N5O/c1-25-21(17-26-12-4-3-5-13-26)23-24-22(25)19-7-6-14-27(16-19)15-18-8-10-20(28-2)11-9-18/h8-11,19H,3-7,12-17H2,1-2H3/t19-/m0/s1. The first-order chi connectivity index (χ1) is 13.7. The highest BCUT2D eigenvalue weighted by molar-refractivity contribution is 5.27. The molecule has 0 bridgehead atoms. The maximum Gasteiger partial charge on any atom is 0.146 e. The van der Waals surface area contributed by atoms with Crippen molar-refractivity contribution >= 4 is 0 Å². The first-order valence-electron chi connectivity index (χ1n) is 10.7. The molecule has 0 N–H and O–H groups in total. The van der Waals surface area contributed by atoms with Crippen molar-refractivity contribution < 1.29 is 4.74 Å². The number of piperidine rings is 2. The number of benzene rings is 1. The average molecular weight is 384 g/mol. The molecule has 0 saturated carbocycles. The van der Waals surface area contributed by atoms with Gasteiger partial charge in [-0.25, -0.2) is 0 Å². The molecule has 6 heteroatoms. The normalized spacial score (nSPS) is 21.7. The summed E-state index contributed by atoms with van der Waals surface area (Å²) >= 11 is 0. The van der Waals surface area contributed by atoms with Crippen molar-refractivity contribution in [1.82, 2.24) is 24.6 Å². The van der Waals surface area contributed by atoms with Crippen molar-refractivity contribution in [2.75, 3.05) is 33.3 Å². The molecule has 1 atom stereocenters. The molecule has 2 saturated heterocycles. The van der Waals surface area contributed by atoms with Crippen LogP contribution >= 0.6 is 0 Å². The Balaban J connectivity index is 1.38. The predicted octanol–water partition coefficient (Wildman–Crippen LogP) is 3.19. The lowest BCUT2D eigenvalue weighted by molar-refractivity contribution is 0.194. The van der Waals surface area contributed by atoms with Gasteiger partial charge in [-0.1, -0.05) is 18.6 Å². The zero-order valence-corrected chi connectivity index (χ0v) is 17.3. The SMILES string of the molecule is COc1ccc(CN2CCC[C@H](c3nnc(CN4CCCCC4)n3C)C2)cc1. The monoisotopic (exact) mass is 383 g/mol. The molecule has 1 aromatic heterocycles.